The molecule has 1 amide bonds. The molecule has 154 valence electrons. The summed E-state index contributed by atoms with van der Waals surface area (Å²) in [4.78, 5) is 22.6. The molecule has 0 bridgehead atoms. The summed E-state index contributed by atoms with van der Waals surface area (Å²) in [5.41, 5.74) is 3.15. The van der Waals surface area contributed by atoms with Gasteiger partial charge in [-0.3, -0.25) is 19.2 Å². The van der Waals surface area contributed by atoms with E-state index in [4.69, 9.17) is 4.74 Å². The van der Waals surface area contributed by atoms with E-state index in [1.165, 1.54) is 31.4 Å². The van der Waals surface area contributed by atoms with Crippen LogP contribution >= 0.6 is 0 Å². The molecule has 0 spiro atoms. The molecule has 0 unspecified atom stereocenters. The zero-order valence-electron chi connectivity index (χ0n) is 16.0. The number of ether oxygens (including phenoxy) is 1. The molecule has 11 heteroatoms. The summed E-state index contributed by atoms with van der Waals surface area (Å²) >= 11 is 0. The standard InChI is InChI=1S/C18H20N4O6S/c1-13(14-7-6-8-15(11-14)22(24)25)19-20-18(23)12-21(29(3,26)27)16-9-4-5-10-17(16)28-2/h4-11H,12H2,1-3H3,(H,20,23)/b19-13-. The highest BCUT2D eigenvalue weighted by atomic mass is 32.2. The highest BCUT2D eigenvalue weighted by Gasteiger charge is 2.23. The zero-order chi connectivity index (χ0) is 21.6. The first-order chi connectivity index (χ1) is 13.6. The Bertz CT molecular complexity index is 1050. The van der Waals surface area contributed by atoms with Gasteiger partial charge in [0.25, 0.3) is 11.6 Å². The number of nitrogens with zero attached hydrogens (tertiary/aromatic N) is 3. The molecule has 2 aromatic carbocycles. The number of nitrogens with one attached hydrogen (secondary N) is 1. The number of amides is 1. The molecule has 0 aliphatic carbocycles. The average molecular weight is 420 g/mol. The number of nitro groups is 1. The molecule has 0 fully saturated rings. The smallest absolute Gasteiger partial charge is 0.270 e. The molecule has 10 nitrogen and oxygen atoms in total. The van der Waals surface area contributed by atoms with Crippen LogP contribution in [0.3, 0.4) is 0 Å². The van der Waals surface area contributed by atoms with Crippen LogP contribution in [0.2, 0.25) is 0 Å². The van der Waals surface area contributed by atoms with Gasteiger partial charge < -0.3 is 4.74 Å². The van der Waals surface area contributed by atoms with Crippen LogP contribution < -0.4 is 14.5 Å². The fourth-order valence-corrected chi connectivity index (χ4v) is 3.30. The molecule has 0 saturated heterocycles. The number of para-hydroxylation sites is 2. The second kappa shape index (κ2) is 9.15. The van der Waals surface area contributed by atoms with Gasteiger partial charge in [0, 0.05) is 17.7 Å². The third-order valence-electron chi connectivity index (χ3n) is 3.86. The van der Waals surface area contributed by atoms with Crippen molar-refractivity contribution in [1.29, 1.82) is 0 Å². The van der Waals surface area contributed by atoms with Crippen molar-refractivity contribution in [2.75, 3.05) is 24.2 Å². The van der Waals surface area contributed by atoms with Crippen molar-refractivity contribution >= 4 is 33.0 Å². The number of benzene rings is 2. The van der Waals surface area contributed by atoms with Crippen molar-refractivity contribution < 1.29 is 22.9 Å². The van der Waals surface area contributed by atoms with E-state index in [9.17, 15) is 23.3 Å². The summed E-state index contributed by atoms with van der Waals surface area (Å²) in [6.07, 6.45) is 0.977. The number of nitro benzene ring substituents is 1. The predicted molar refractivity (Wildman–Crippen MR) is 109 cm³/mol. The maximum atomic E-state index is 12.3. The van der Waals surface area contributed by atoms with E-state index >= 15 is 0 Å². The SMILES string of the molecule is COc1ccccc1N(CC(=O)N/N=C(/C)c1cccc([N+](=O)[O-])c1)S(C)(=O)=O. The van der Waals surface area contributed by atoms with Crippen LogP contribution in [-0.2, 0) is 14.8 Å². The molecule has 0 radical (unpaired) electrons. The summed E-state index contributed by atoms with van der Waals surface area (Å²) in [5.74, 6) is -0.395. The zero-order valence-corrected chi connectivity index (χ0v) is 16.8. The van der Waals surface area contributed by atoms with E-state index in [1.807, 2.05) is 0 Å². The Labute approximate surface area is 168 Å². The quantitative estimate of drug-likeness (QED) is 0.394. The molecule has 1 N–H and O–H groups in total. The van der Waals surface area contributed by atoms with Gasteiger partial charge in [-0.1, -0.05) is 24.3 Å². The minimum atomic E-state index is -3.78. The summed E-state index contributed by atoms with van der Waals surface area (Å²) < 4.78 is 30.4. The lowest BCUT2D eigenvalue weighted by atomic mass is 10.1. The van der Waals surface area contributed by atoms with Crippen molar-refractivity contribution in [2.24, 2.45) is 5.10 Å². The van der Waals surface area contributed by atoms with Gasteiger partial charge in [-0.15, -0.1) is 0 Å². The van der Waals surface area contributed by atoms with Crippen LogP contribution in [0.4, 0.5) is 11.4 Å². The van der Waals surface area contributed by atoms with E-state index < -0.39 is 27.4 Å². The van der Waals surface area contributed by atoms with Crippen LogP contribution in [0.5, 0.6) is 5.75 Å². The fraction of sp³-hybridized carbons (Fsp3) is 0.222. The predicted octanol–water partition coefficient (Wildman–Crippen LogP) is 1.91. The molecule has 0 aliphatic rings. The molecular weight excluding hydrogens is 400 g/mol. The number of hydrogen-bond acceptors (Lipinski definition) is 7. The van der Waals surface area contributed by atoms with Crippen LogP contribution in [0.15, 0.2) is 53.6 Å². The second-order valence-electron chi connectivity index (χ2n) is 5.98. The Kier molecular flexibility index (Phi) is 6.89. The van der Waals surface area contributed by atoms with Gasteiger partial charge in [0.2, 0.25) is 10.0 Å². The molecule has 0 heterocycles. The Morgan fingerprint density at radius 2 is 1.93 bits per heavy atom. The van der Waals surface area contributed by atoms with Crippen molar-refractivity contribution in [3.05, 3.63) is 64.2 Å². The third-order valence-corrected chi connectivity index (χ3v) is 4.99. The van der Waals surface area contributed by atoms with Crippen LogP contribution in [0.1, 0.15) is 12.5 Å². The molecule has 2 rings (SSSR count). The van der Waals surface area contributed by atoms with E-state index in [0.717, 1.165) is 10.6 Å². The number of methoxy groups -OCH3 is 1. The number of anilines is 1. The maximum absolute atomic E-state index is 12.3. The largest absolute Gasteiger partial charge is 0.495 e. The van der Waals surface area contributed by atoms with Gasteiger partial charge in [0.15, 0.2) is 0 Å². The lowest BCUT2D eigenvalue weighted by Gasteiger charge is -2.23. The Morgan fingerprint density at radius 3 is 2.55 bits per heavy atom. The fourth-order valence-electron chi connectivity index (χ4n) is 2.44. The summed E-state index contributed by atoms with van der Waals surface area (Å²) in [7, 11) is -2.39. The van der Waals surface area contributed by atoms with E-state index in [0.29, 0.717) is 17.0 Å². The first-order valence-corrected chi connectivity index (χ1v) is 10.2. The van der Waals surface area contributed by atoms with Gasteiger partial charge in [-0.25, -0.2) is 13.8 Å². The van der Waals surface area contributed by atoms with Crippen molar-refractivity contribution in [3.63, 3.8) is 0 Å². The van der Waals surface area contributed by atoms with Gasteiger partial charge in [-0.2, -0.15) is 5.10 Å². The molecule has 0 atom stereocenters. The Morgan fingerprint density at radius 1 is 1.24 bits per heavy atom. The number of sulfonamides is 1. The van der Waals surface area contributed by atoms with Gasteiger partial charge in [-0.05, 0) is 19.1 Å². The van der Waals surface area contributed by atoms with Gasteiger partial charge in [0.05, 0.1) is 29.7 Å². The molecular formula is C18H20N4O6S. The molecule has 2 aromatic rings. The van der Waals surface area contributed by atoms with Gasteiger partial charge in [0.1, 0.15) is 12.3 Å². The summed E-state index contributed by atoms with van der Waals surface area (Å²) in [5, 5.41) is 14.8. The number of carbonyl (C=O) groups excluding carboxylic acids is 1. The maximum Gasteiger partial charge on any atom is 0.270 e. The van der Waals surface area contributed by atoms with Crippen LogP contribution in [0, 0.1) is 10.1 Å². The average Bonchev–Trinajstić information content (AvgIpc) is 2.69. The first-order valence-electron chi connectivity index (χ1n) is 8.32. The number of hydrazone groups is 1. The summed E-state index contributed by atoms with van der Waals surface area (Å²) in [6.45, 7) is 1.04. The van der Waals surface area contributed by atoms with E-state index in [1.54, 1.807) is 31.2 Å². The number of hydrogen-bond donors (Lipinski definition) is 1. The van der Waals surface area contributed by atoms with Crippen molar-refractivity contribution in [2.45, 2.75) is 6.92 Å². The first kappa shape index (κ1) is 21.8. The van der Waals surface area contributed by atoms with Gasteiger partial charge >= 0.3 is 0 Å². The normalized spacial score (nSPS) is 11.6. The molecule has 0 aliphatic heterocycles. The molecule has 0 aromatic heterocycles. The summed E-state index contributed by atoms with van der Waals surface area (Å²) in [6, 6.07) is 12.2. The van der Waals surface area contributed by atoms with E-state index in [2.05, 4.69) is 10.5 Å². The molecule has 0 saturated carbocycles. The van der Waals surface area contributed by atoms with Crippen LogP contribution in [-0.4, -0.2) is 44.9 Å². The van der Waals surface area contributed by atoms with Crippen LogP contribution in [0.25, 0.3) is 0 Å². The van der Waals surface area contributed by atoms with Crippen molar-refractivity contribution in [1.82, 2.24) is 5.43 Å². The number of rotatable bonds is 8. The third kappa shape index (κ3) is 5.75. The van der Waals surface area contributed by atoms with Crippen molar-refractivity contribution in [3.8, 4) is 5.75 Å². The highest BCUT2D eigenvalue weighted by molar-refractivity contribution is 7.92. The molecule has 29 heavy (non-hydrogen) atoms. The minimum Gasteiger partial charge on any atom is -0.495 e. The second-order valence-corrected chi connectivity index (χ2v) is 7.89. The monoisotopic (exact) mass is 420 g/mol. The highest BCUT2D eigenvalue weighted by Crippen LogP contribution is 2.29. The number of carbonyl (C=O) groups is 1. The number of non-ortho nitro benzene ring substituents is 1. The lowest BCUT2D eigenvalue weighted by Crippen LogP contribution is -2.39. The topological polar surface area (TPSA) is 131 Å². The Balaban J connectivity index is 2.20. The van der Waals surface area contributed by atoms with E-state index in [-0.39, 0.29) is 11.4 Å². The lowest BCUT2D eigenvalue weighted by molar-refractivity contribution is -0.384. The minimum absolute atomic E-state index is 0.109. The Hall–Kier alpha value is -3.47.